The zero-order chi connectivity index (χ0) is 5.86. The van der Waals surface area contributed by atoms with E-state index in [1.54, 1.807) is 0 Å². The van der Waals surface area contributed by atoms with Crippen molar-refractivity contribution in [3.8, 4) is 0 Å². The van der Waals surface area contributed by atoms with Crippen LogP contribution in [0.2, 0.25) is 0 Å². The van der Waals surface area contributed by atoms with Crippen LogP contribution >= 0.6 is 0 Å². The SMILES string of the molecule is NC(=O)/C=C(\N)O. The second-order valence-corrected chi connectivity index (χ2v) is 0.972. The number of aliphatic hydroxyl groups excluding tert-OH is 1. The minimum atomic E-state index is -0.750. The molecule has 5 N–H and O–H groups in total. The van der Waals surface area contributed by atoms with Crippen molar-refractivity contribution in [1.82, 2.24) is 0 Å². The van der Waals surface area contributed by atoms with Crippen LogP contribution in [-0.2, 0) is 4.79 Å². The molecule has 0 unspecified atom stereocenters. The standard InChI is InChI=1S/C3H6N2O2/c4-2(6)1-3(5)7/h1,6H,4H2,(H2,5,7)/b2-1+. The molecular formula is C3H6N2O2. The highest BCUT2D eigenvalue weighted by Crippen LogP contribution is 1.69. The van der Waals surface area contributed by atoms with Crippen molar-refractivity contribution in [2.45, 2.75) is 0 Å². The van der Waals surface area contributed by atoms with E-state index in [-0.39, 0.29) is 0 Å². The monoisotopic (exact) mass is 102 g/mol. The maximum absolute atomic E-state index is 9.72. The Morgan fingerprint density at radius 1 is 1.57 bits per heavy atom. The number of aliphatic hydroxyl groups is 1. The number of primary amides is 1. The fourth-order valence-corrected chi connectivity index (χ4v) is 0.146. The predicted octanol–water partition coefficient (Wildman–Crippen LogP) is -1.17. The molecule has 0 aliphatic heterocycles. The van der Waals surface area contributed by atoms with Gasteiger partial charge in [0.15, 0.2) is 5.88 Å². The second-order valence-electron chi connectivity index (χ2n) is 0.972. The van der Waals surface area contributed by atoms with Crippen LogP contribution in [0.25, 0.3) is 0 Å². The summed E-state index contributed by atoms with van der Waals surface area (Å²) in [5.74, 6) is -1.31. The van der Waals surface area contributed by atoms with Crippen LogP contribution in [0.1, 0.15) is 0 Å². The van der Waals surface area contributed by atoms with Gasteiger partial charge in [0.2, 0.25) is 5.91 Å². The van der Waals surface area contributed by atoms with Crippen LogP contribution in [0.3, 0.4) is 0 Å². The van der Waals surface area contributed by atoms with Crippen molar-refractivity contribution in [2.24, 2.45) is 11.5 Å². The summed E-state index contributed by atoms with van der Waals surface area (Å²) in [6, 6.07) is 0. The summed E-state index contributed by atoms with van der Waals surface area (Å²) in [4.78, 5) is 9.72. The Morgan fingerprint density at radius 2 is 2.00 bits per heavy atom. The minimum absolute atomic E-state index is 0.562. The third-order valence-electron chi connectivity index (χ3n) is 0.290. The third kappa shape index (κ3) is 4.81. The Hall–Kier alpha value is -1.19. The second kappa shape index (κ2) is 2.07. The van der Waals surface area contributed by atoms with E-state index < -0.39 is 11.8 Å². The molecule has 0 saturated heterocycles. The van der Waals surface area contributed by atoms with Crippen molar-refractivity contribution < 1.29 is 9.90 Å². The van der Waals surface area contributed by atoms with Crippen LogP contribution < -0.4 is 11.5 Å². The molecule has 4 heteroatoms. The summed E-state index contributed by atoms with van der Waals surface area (Å²) >= 11 is 0. The quantitative estimate of drug-likeness (QED) is 0.288. The van der Waals surface area contributed by atoms with Gasteiger partial charge < -0.3 is 16.6 Å². The summed E-state index contributed by atoms with van der Waals surface area (Å²) in [6.07, 6.45) is 0.722. The molecule has 0 radical (unpaired) electrons. The number of carbonyl (C=O) groups excluding carboxylic acids is 1. The van der Waals surface area contributed by atoms with Gasteiger partial charge in [-0.2, -0.15) is 0 Å². The lowest BCUT2D eigenvalue weighted by atomic mass is 10.6. The molecule has 4 nitrogen and oxygen atoms in total. The summed E-state index contributed by atoms with van der Waals surface area (Å²) < 4.78 is 0. The molecule has 0 rings (SSSR count). The summed E-state index contributed by atoms with van der Waals surface area (Å²) in [5.41, 5.74) is 9.15. The molecule has 40 valence electrons. The number of carbonyl (C=O) groups is 1. The summed E-state index contributed by atoms with van der Waals surface area (Å²) in [5, 5.41) is 8.06. The Labute approximate surface area is 40.4 Å². The summed E-state index contributed by atoms with van der Waals surface area (Å²) in [7, 11) is 0. The van der Waals surface area contributed by atoms with Crippen LogP contribution in [0.5, 0.6) is 0 Å². The predicted molar refractivity (Wildman–Crippen MR) is 24.1 cm³/mol. The first-order valence-electron chi connectivity index (χ1n) is 1.58. The number of hydrogen-bond acceptors (Lipinski definition) is 3. The zero-order valence-electron chi connectivity index (χ0n) is 3.59. The molecule has 0 fully saturated rings. The van der Waals surface area contributed by atoms with E-state index in [2.05, 4.69) is 11.5 Å². The van der Waals surface area contributed by atoms with Crippen molar-refractivity contribution in [1.29, 1.82) is 0 Å². The molecule has 0 bridgehead atoms. The van der Waals surface area contributed by atoms with Crippen molar-refractivity contribution in [3.63, 3.8) is 0 Å². The van der Waals surface area contributed by atoms with E-state index in [4.69, 9.17) is 5.11 Å². The number of rotatable bonds is 1. The first kappa shape index (κ1) is 5.81. The van der Waals surface area contributed by atoms with Gasteiger partial charge in [-0.15, -0.1) is 0 Å². The van der Waals surface area contributed by atoms with Crippen molar-refractivity contribution in [3.05, 3.63) is 12.0 Å². The van der Waals surface area contributed by atoms with Crippen molar-refractivity contribution >= 4 is 5.91 Å². The molecule has 0 spiro atoms. The normalized spacial score (nSPS) is 11.1. The van der Waals surface area contributed by atoms with Gasteiger partial charge in [-0.25, -0.2) is 0 Å². The van der Waals surface area contributed by atoms with E-state index in [0.717, 1.165) is 6.08 Å². The molecular weight excluding hydrogens is 96.0 g/mol. The lowest BCUT2D eigenvalue weighted by Crippen LogP contribution is -2.09. The van der Waals surface area contributed by atoms with Crippen molar-refractivity contribution in [2.75, 3.05) is 0 Å². The molecule has 0 atom stereocenters. The van der Waals surface area contributed by atoms with Crippen LogP contribution in [0, 0.1) is 0 Å². The van der Waals surface area contributed by atoms with Gasteiger partial charge in [-0.1, -0.05) is 0 Å². The molecule has 0 aliphatic rings. The first-order valence-corrected chi connectivity index (χ1v) is 1.58. The topological polar surface area (TPSA) is 89.3 Å². The van der Waals surface area contributed by atoms with E-state index >= 15 is 0 Å². The fourth-order valence-electron chi connectivity index (χ4n) is 0.146. The molecule has 0 aromatic rings. The number of hydrogen-bond donors (Lipinski definition) is 3. The highest BCUT2D eigenvalue weighted by molar-refractivity contribution is 5.85. The largest absolute Gasteiger partial charge is 0.495 e. The molecule has 1 amide bonds. The smallest absolute Gasteiger partial charge is 0.246 e. The highest BCUT2D eigenvalue weighted by Gasteiger charge is 1.84. The van der Waals surface area contributed by atoms with E-state index in [1.807, 2.05) is 0 Å². The Bertz CT molecular complexity index is 104. The van der Waals surface area contributed by atoms with Crippen LogP contribution in [-0.4, -0.2) is 11.0 Å². The average Bonchev–Trinajstić information content (AvgIpc) is 1.27. The molecule has 0 aromatic carbocycles. The first-order chi connectivity index (χ1) is 3.13. The van der Waals surface area contributed by atoms with Crippen LogP contribution in [0.4, 0.5) is 0 Å². The number of nitrogens with two attached hydrogens (primary N) is 2. The van der Waals surface area contributed by atoms with Gasteiger partial charge >= 0.3 is 0 Å². The molecule has 7 heavy (non-hydrogen) atoms. The van der Waals surface area contributed by atoms with E-state index in [0.29, 0.717) is 0 Å². The van der Waals surface area contributed by atoms with E-state index in [1.165, 1.54) is 0 Å². The highest BCUT2D eigenvalue weighted by atomic mass is 16.3. The lowest BCUT2D eigenvalue weighted by Gasteiger charge is -1.81. The maximum atomic E-state index is 9.72. The van der Waals surface area contributed by atoms with Gasteiger partial charge in [0, 0.05) is 0 Å². The molecule has 0 aromatic heterocycles. The molecule has 0 saturated carbocycles. The van der Waals surface area contributed by atoms with Gasteiger partial charge in [0.05, 0.1) is 6.08 Å². The molecule has 0 aliphatic carbocycles. The Morgan fingerprint density at radius 3 is 2.00 bits per heavy atom. The van der Waals surface area contributed by atoms with Gasteiger partial charge in [-0.05, 0) is 0 Å². The fraction of sp³-hybridized carbons (Fsp3) is 0. The Balaban J connectivity index is 3.68. The lowest BCUT2D eigenvalue weighted by molar-refractivity contribution is -0.113. The van der Waals surface area contributed by atoms with Crippen LogP contribution in [0.15, 0.2) is 12.0 Å². The molecule has 0 heterocycles. The van der Waals surface area contributed by atoms with Gasteiger partial charge in [0.25, 0.3) is 0 Å². The summed E-state index contributed by atoms with van der Waals surface area (Å²) in [6.45, 7) is 0. The minimum Gasteiger partial charge on any atom is -0.495 e. The van der Waals surface area contributed by atoms with Gasteiger partial charge in [-0.3, -0.25) is 4.79 Å². The maximum Gasteiger partial charge on any atom is 0.246 e. The number of amides is 1. The average molecular weight is 102 g/mol. The van der Waals surface area contributed by atoms with Gasteiger partial charge in [0.1, 0.15) is 0 Å². The third-order valence-corrected chi connectivity index (χ3v) is 0.290. The zero-order valence-corrected chi connectivity index (χ0v) is 3.59. The van der Waals surface area contributed by atoms with E-state index in [9.17, 15) is 4.79 Å². The Kier molecular flexibility index (Phi) is 1.72.